The van der Waals surface area contributed by atoms with Crippen LogP contribution < -0.4 is 5.73 Å². The molecular weight excluding hydrogens is 300 g/mol. The van der Waals surface area contributed by atoms with Gasteiger partial charge in [0.05, 0.1) is 11.2 Å². The van der Waals surface area contributed by atoms with Gasteiger partial charge in [-0.3, -0.25) is 0 Å². The Kier molecular flexibility index (Phi) is 4.34. The maximum Gasteiger partial charge on any atom is 0.113 e. The first-order valence-corrected chi connectivity index (χ1v) is 8.87. The van der Waals surface area contributed by atoms with Crippen LogP contribution in [0.1, 0.15) is 44.0 Å². The first-order chi connectivity index (χ1) is 10.1. The second kappa shape index (κ2) is 6.07. The van der Waals surface area contributed by atoms with Crippen molar-refractivity contribution in [3.8, 4) is 11.3 Å². The number of hydrogen-bond donors (Lipinski definition) is 1. The standard InChI is InChI=1S/C17H21ClN2S/c1-2-12-7-9-17(19,10-8-12)16-20-15(11-21-16)13-3-5-14(18)6-4-13/h3-6,11-12H,2,7-10,19H2,1H3. The Balaban J connectivity index is 1.80. The molecule has 1 aromatic heterocycles. The second-order valence-electron chi connectivity index (χ2n) is 6.05. The monoisotopic (exact) mass is 320 g/mol. The number of rotatable bonds is 3. The zero-order valence-electron chi connectivity index (χ0n) is 12.3. The molecule has 0 amide bonds. The molecule has 1 aliphatic carbocycles. The molecule has 0 aliphatic heterocycles. The van der Waals surface area contributed by atoms with Crippen LogP contribution in [0.4, 0.5) is 0 Å². The minimum atomic E-state index is -0.221. The van der Waals surface area contributed by atoms with Crippen molar-refractivity contribution in [1.29, 1.82) is 0 Å². The quantitative estimate of drug-likeness (QED) is 0.842. The summed E-state index contributed by atoms with van der Waals surface area (Å²) in [5.74, 6) is 0.845. The van der Waals surface area contributed by atoms with Crippen LogP contribution in [-0.4, -0.2) is 4.98 Å². The first-order valence-electron chi connectivity index (χ1n) is 7.61. The molecule has 0 unspecified atom stereocenters. The van der Waals surface area contributed by atoms with Crippen molar-refractivity contribution in [3.63, 3.8) is 0 Å². The Labute approximate surface area is 135 Å². The highest BCUT2D eigenvalue weighted by Gasteiger charge is 2.35. The predicted octanol–water partition coefficient (Wildman–Crippen LogP) is 5.22. The van der Waals surface area contributed by atoms with E-state index in [1.807, 2.05) is 24.3 Å². The third-order valence-electron chi connectivity index (χ3n) is 4.64. The van der Waals surface area contributed by atoms with Crippen molar-refractivity contribution in [1.82, 2.24) is 4.98 Å². The lowest BCUT2D eigenvalue weighted by Gasteiger charge is -2.35. The van der Waals surface area contributed by atoms with Crippen molar-refractivity contribution in [3.05, 3.63) is 39.7 Å². The summed E-state index contributed by atoms with van der Waals surface area (Å²) in [7, 11) is 0. The molecule has 0 saturated heterocycles. The van der Waals surface area contributed by atoms with Crippen LogP contribution in [0.15, 0.2) is 29.6 Å². The fourth-order valence-electron chi connectivity index (χ4n) is 3.07. The summed E-state index contributed by atoms with van der Waals surface area (Å²) < 4.78 is 0. The van der Waals surface area contributed by atoms with E-state index in [4.69, 9.17) is 22.3 Å². The molecule has 0 spiro atoms. The number of halogens is 1. The molecule has 1 heterocycles. The molecule has 3 rings (SSSR count). The first kappa shape index (κ1) is 15.0. The lowest BCUT2D eigenvalue weighted by molar-refractivity contribution is 0.231. The topological polar surface area (TPSA) is 38.9 Å². The summed E-state index contributed by atoms with van der Waals surface area (Å²) in [5, 5.41) is 3.95. The molecule has 0 bridgehead atoms. The van der Waals surface area contributed by atoms with Gasteiger partial charge in [-0.25, -0.2) is 4.98 Å². The molecular formula is C17H21ClN2S. The van der Waals surface area contributed by atoms with Crippen molar-refractivity contribution < 1.29 is 0 Å². The van der Waals surface area contributed by atoms with Gasteiger partial charge in [0.25, 0.3) is 0 Å². The van der Waals surface area contributed by atoms with Gasteiger partial charge in [0.1, 0.15) is 5.01 Å². The molecule has 0 radical (unpaired) electrons. The summed E-state index contributed by atoms with van der Waals surface area (Å²) >= 11 is 7.63. The van der Waals surface area contributed by atoms with E-state index in [1.165, 1.54) is 19.3 Å². The van der Waals surface area contributed by atoms with Gasteiger partial charge < -0.3 is 5.73 Å². The van der Waals surface area contributed by atoms with E-state index in [9.17, 15) is 0 Å². The number of nitrogens with two attached hydrogens (primary N) is 1. The average Bonchev–Trinajstić information content (AvgIpc) is 2.99. The number of thiazole rings is 1. The lowest BCUT2D eigenvalue weighted by atomic mass is 9.76. The minimum absolute atomic E-state index is 0.221. The van der Waals surface area contributed by atoms with Crippen LogP contribution in [-0.2, 0) is 5.54 Å². The SMILES string of the molecule is CCC1CCC(N)(c2nc(-c3ccc(Cl)cc3)cs2)CC1. The lowest BCUT2D eigenvalue weighted by Crippen LogP contribution is -2.40. The van der Waals surface area contributed by atoms with Crippen molar-refractivity contribution in [2.75, 3.05) is 0 Å². The van der Waals surface area contributed by atoms with E-state index in [1.54, 1.807) is 11.3 Å². The van der Waals surface area contributed by atoms with E-state index in [2.05, 4.69) is 12.3 Å². The normalized spacial score (nSPS) is 26.0. The minimum Gasteiger partial charge on any atom is -0.319 e. The van der Waals surface area contributed by atoms with Crippen molar-refractivity contribution in [2.24, 2.45) is 11.7 Å². The van der Waals surface area contributed by atoms with Crippen LogP contribution in [0.5, 0.6) is 0 Å². The maximum absolute atomic E-state index is 6.64. The van der Waals surface area contributed by atoms with Gasteiger partial charge in [0.2, 0.25) is 0 Å². The summed E-state index contributed by atoms with van der Waals surface area (Å²) in [6.45, 7) is 2.27. The van der Waals surface area contributed by atoms with Crippen LogP contribution in [0.3, 0.4) is 0 Å². The third-order valence-corrected chi connectivity index (χ3v) is 5.96. The van der Waals surface area contributed by atoms with Gasteiger partial charge in [-0.1, -0.05) is 37.1 Å². The number of hydrogen-bond acceptors (Lipinski definition) is 3. The summed E-state index contributed by atoms with van der Waals surface area (Å²) in [4.78, 5) is 4.81. The second-order valence-corrected chi connectivity index (χ2v) is 7.35. The maximum atomic E-state index is 6.64. The average molecular weight is 321 g/mol. The van der Waals surface area contributed by atoms with Gasteiger partial charge in [0, 0.05) is 16.0 Å². The Morgan fingerprint density at radius 1 is 1.29 bits per heavy atom. The Morgan fingerprint density at radius 3 is 2.57 bits per heavy atom. The molecule has 4 heteroatoms. The molecule has 1 fully saturated rings. The molecule has 1 aromatic carbocycles. The molecule has 2 N–H and O–H groups in total. The van der Waals surface area contributed by atoms with Gasteiger partial charge in [-0.2, -0.15) is 0 Å². The highest BCUT2D eigenvalue weighted by Crippen LogP contribution is 2.40. The van der Waals surface area contributed by atoms with Gasteiger partial charge in [0.15, 0.2) is 0 Å². The predicted molar refractivity (Wildman–Crippen MR) is 90.7 cm³/mol. The molecule has 112 valence electrons. The zero-order chi connectivity index (χ0) is 14.9. The summed E-state index contributed by atoms with van der Waals surface area (Å²) in [5.41, 5.74) is 8.53. The fourth-order valence-corrected chi connectivity index (χ4v) is 4.20. The fraction of sp³-hybridized carbons (Fsp3) is 0.471. The Hall–Kier alpha value is -0.900. The number of aromatic nitrogens is 1. The molecule has 2 aromatic rings. The van der Waals surface area contributed by atoms with Gasteiger partial charge in [-0.05, 0) is 43.7 Å². The van der Waals surface area contributed by atoms with Crippen LogP contribution in [0, 0.1) is 5.92 Å². The van der Waals surface area contributed by atoms with Crippen molar-refractivity contribution >= 4 is 22.9 Å². The Morgan fingerprint density at radius 2 is 1.95 bits per heavy atom. The molecule has 2 nitrogen and oxygen atoms in total. The van der Waals surface area contributed by atoms with E-state index >= 15 is 0 Å². The van der Waals surface area contributed by atoms with Crippen LogP contribution in [0.25, 0.3) is 11.3 Å². The molecule has 1 aliphatic rings. The van der Waals surface area contributed by atoms with Gasteiger partial charge in [-0.15, -0.1) is 11.3 Å². The summed E-state index contributed by atoms with van der Waals surface area (Å²) in [6, 6.07) is 7.83. The molecule has 0 atom stereocenters. The van der Waals surface area contributed by atoms with Crippen molar-refractivity contribution in [2.45, 2.75) is 44.6 Å². The molecule has 21 heavy (non-hydrogen) atoms. The highest BCUT2D eigenvalue weighted by atomic mass is 35.5. The largest absolute Gasteiger partial charge is 0.319 e. The number of nitrogens with zero attached hydrogens (tertiary/aromatic N) is 1. The Bertz CT molecular complexity index is 598. The van der Waals surface area contributed by atoms with Gasteiger partial charge >= 0.3 is 0 Å². The van der Waals surface area contributed by atoms with E-state index in [0.29, 0.717) is 0 Å². The van der Waals surface area contributed by atoms with Crippen LogP contribution >= 0.6 is 22.9 Å². The van der Waals surface area contributed by atoms with E-state index < -0.39 is 0 Å². The smallest absolute Gasteiger partial charge is 0.113 e. The number of benzene rings is 1. The van der Waals surface area contributed by atoms with Crippen LogP contribution in [0.2, 0.25) is 5.02 Å². The molecule has 1 saturated carbocycles. The zero-order valence-corrected chi connectivity index (χ0v) is 13.9. The van der Waals surface area contributed by atoms with E-state index in [0.717, 1.165) is 40.0 Å². The third kappa shape index (κ3) is 3.15. The van der Waals surface area contributed by atoms with E-state index in [-0.39, 0.29) is 5.54 Å². The summed E-state index contributed by atoms with van der Waals surface area (Å²) in [6.07, 6.45) is 5.83. The highest BCUT2D eigenvalue weighted by molar-refractivity contribution is 7.10.